The standard InChI is InChI=1S/C13H14F2N2OS/c14-7-4-5-10(15)9(6-7)13(18)17-11-3-1-2-8(11)12(16)19/h4-6,8,11H,1-3H2,(H2,16,19)(H,17,18). The fourth-order valence-corrected chi connectivity index (χ4v) is 2.67. The van der Waals surface area contributed by atoms with Crippen molar-refractivity contribution in [2.24, 2.45) is 11.7 Å². The molecule has 2 unspecified atom stereocenters. The molecule has 1 aliphatic rings. The monoisotopic (exact) mass is 284 g/mol. The molecule has 1 amide bonds. The Kier molecular flexibility index (Phi) is 4.09. The molecular weight excluding hydrogens is 270 g/mol. The first kappa shape index (κ1) is 13.9. The lowest BCUT2D eigenvalue weighted by Gasteiger charge is -2.20. The van der Waals surface area contributed by atoms with Crippen LogP contribution in [0, 0.1) is 17.6 Å². The van der Waals surface area contributed by atoms with Crippen molar-refractivity contribution < 1.29 is 13.6 Å². The lowest BCUT2D eigenvalue weighted by atomic mass is 10.0. The van der Waals surface area contributed by atoms with Crippen LogP contribution in [0.3, 0.4) is 0 Å². The zero-order valence-electron chi connectivity index (χ0n) is 10.2. The summed E-state index contributed by atoms with van der Waals surface area (Å²) in [7, 11) is 0. The predicted octanol–water partition coefficient (Wildman–Crippen LogP) is 2.15. The Labute approximate surface area is 115 Å². The molecule has 0 radical (unpaired) electrons. The number of benzene rings is 1. The van der Waals surface area contributed by atoms with Gasteiger partial charge in [0, 0.05) is 12.0 Å². The van der Waals surface area contributed by atoms with Gasteiger partial charge in [0.25, 0.3) is 5.91 Å². The smallest absolute Gasteiger partial charge is 0.254 e. The molecule has 0 spiro atoms. The van der Waals surface area contributed by atoms with Crippen LogP contribution in [0.1, 0.15) is 29.6 Å². The molecule has 6 heteroatoms. The van der Waals surface area contributed by atoms with Gasteiger partial charge in [0.15, 0.2) is 0 Å². The highest BCUT2D eigenvalue weighted by Crippen LogP contribution is 2.26. The van der Waals surface area contributed by atoms with Gasteiger partial charge in [-0.05, 0) is 31.0 Å². The molecular formula is C13H14F2N2OS. The average Bonchev–Trinajstić information content (AvgIpc) is 2.80. The van der Waals surface area contributed by atoms with E-state index in [2.05, 4.69) is 5.32 Å². The molecule has 1 aromatic carbocycles. The van der Waals surface area contributed by atoms with Crippen molar-refractivity contribution in [1.29, 1.82) is 0 Å². The van der Waals surface area contributed by atoms with Gasteiger partial charge in [0.05, 0.1) is 10.6 Å². The normalized spacial score (nSPS) is 22.2. The number of hydrogen-bond acceptors (Lipinski definition) is 2. The van der Waals surface area contributed by atoms with Crippen LogP contribution >= 0.6 is 12.2 Å². The molecule has 2 rings (SSSR count). The van der Waals surface area contributed by atoms with Crippen LogP contribution < -0.4 is 11.1 Å². The van der Waals surface area contributed by atoms with Gasteiger partial charge in [-0.1, -0.05) is 18.6 Å². The van der Waals surface area contributed by atoms with Crippen LogP contribution in [0.25, 0.3) is 0 Å². The van der Waals surface area contributed by atoms with Crippen LogP contribution in [0.15, 0.2) is 18.2 Å². The van der Waals surface area contributed by atoms with Gasteiger partial charge in [-0.25, -0.2) is 8.78 Å². The minimum atomic E-state index is -0.747. The summed E-state index contributed by atoms with van der Waals surface area (Å²) in [5.74, 6) is -2.10. The number of nitrogens with two attached hydrogens (primary N) is 1. The first-order valence-corrected chi connectivity index (χ1v) is 6.45. The first-order chi connectivity index (χ1) is 8.99. The minimum Gasteiger partial charge on any atom is -0.393 e. The second-order valence-electron chi connectivity index (χ2n) is 4.64. The van der Waals surface area contributed by atoms with Crippen molar-refractivity contribution in [3.8, 4) is 0 Å². The summed E-state index contributed by atoms with van der Waals surface area (Å²) in [6, 6.07) is 2.59. The van der Waals surface area contributed by atoms with Crippen molar-refractivity contribution in [2.45, 2.75) is 25.3 Å². The molecule has 1 aromatic rings. The van der Waals surface area contributed by atoms with Crippen LogP contribution in [-0.2, 0) is 0 Å². The van der Waals surface area contributed by atoms with E-state index in [1.807, 2.05) is 0 Å². The van der Waals surface area contributed by atoms with E-state index < -0.39 is 17.5 Å². The van der Waals surface area contributed by atoms with Gasteiger partial charge in [0.2, 0.25) is 0 Å². The maximum atomic E-state index is 13.5. The Morgan fingerprint density at radius 1 is 1.37 bits per heavy atom. The van der Waals surface area contributed by atoms with E-state index in [4.69, 9.17) is 18.0 Å². The summed E-state index contributed by atoms with van der Waals surface area (Å²) in [5, 5.41) is 2.68. The van der Waals surface area contributed by atoms with E-state index in [9.17, 15) is 13.6 Å². The lowest BCUT2D eigenvalue weighted by molar-refractivity contribution is 0.0929. The molecule has 2 atom stereocenters. The predicted molar refractivity (Wildman–Crippen MR) is 71.7 cm³/mol. The minimum absolute atomic E-state index is 0.0735. The van der Waals surface area contributed by atoms with Crippen LogP contribution in [-0.4, -0.2) is 16.9 Å². The van der Waals surface area contributed by atoms with Crippen LogP contribution in [0.4, 0.5) is 8.78 Å². The molecule has 0 aliphatic heterocycles. The summed E-state index contributed by atoms with van der Waals surface area (Å²) >= 11 is 4.94. The van der Waals surface area contributed by atoms with E-state index in [1.54, 1.807) is 0 Å². The van der Waals surface area contributed by atoms with Crippen molar-refractivity contribution >= 4 is 23.1 Å². The Balaban J connectivity index is 2.12. The highest BCUT2D eigenvalue weighted by molar-refractivity contribution is 7.80. The molecule has 0 bridgehead atoms. The van der Waals surface area contributed by atoms with Crippen molar-refractivity contribution in [3.63, 3.8) is 0 Å². The van der Waals surface area contributed by atoms with E-state index in [1.165, 1.54) is 0 Å². The Morgan fingerprint density at radius 2 is 2.11 bits per heavy atom. The third-order valence-corrected chi connectivity index (χ3v) is 3.67. The summed E-state index contributed by atoms with van der Waals surface area (Å²) in [4.78, 5) is 12.3. The zero-order chi connectivity index (χ0) is 14.0. The number of amides is 1. The molecule has 1 fully saturated rings. The fraction of sp³-hybridized carbons (Fsp3) is 0.385. The Morgan fingerprint density at radius 3 is 2.79 bits per heavy atom. The second-order valence-corrected chi connectivity index (χ2v) is 5.12. The molecule has 19 heavy (non-hydrogen) atoms. The zero-order valence-corrected chi connectivity index (χ0v) is 11.0. The fourth-order valence-electron chi connectivity index (χ4n) is 2.39. The summed E-state index contributed by atoms with van der Waals surface area (Å²) in [5.41, 5.74) is 5.31. The van der Waals surface area contributed by atoms with Crippen molar-refractivity contribution in [2.75, 3.05) is 0 Å². The number of halogens is 2. The molecule has 0 saturated heterocycles. The SMILES string of the molecule is NC(=S)C1CCCC1NC(=O)c1cc(F)ccc1F. The highest BCUT2D eigenvalue weighted by atomic mass is 32.1. The van der Waals surface area contributed by atoms with Gasteiger partial charge in [-0.3, -0.25) is 4.79 Å². The van der Waals surface area contributed by atoms with E-state index in [0.29, 0.717) is 4.99 Å². The van der Waals surface area contributed by atoms with Gasteiger partial charge in [-0.2, -0.15) is 0 Å². The van der Waals surface area contributed by atoms with E-state index >= 15 is 0 Å². The molecule has 1 aliphatic carbocycles. The number of carbonyl (C=O) groups is 1. The third-order valence-electron chi connectivity index (χ3n) is 3.37. The topological polar surface area (TPSA) is 55.1 Å². The van der Waals surface area contributed by atoms with Crippen LogP contribution in [0.2, 0.25) is 0 Å². The number of nitrogens with one attached hydrogen (secondary N) is 1. The quantitative estimate of drug-likeness (QED) is 0.836. The summed E-state index contributed by atoms with van der Waals surface area (Å²) < 4.78 is 26.5. The number of thiocarbonyl (C=S) groups is 1. The number of hydrogen-bond donors (Lipinski definition) is 2. The van der Waals surface area contributed by atoms with Gasteiger partial charge >= 0.3 is 0 Å². The summed E-state index contributed by atoms with van der Waals surface area (Å²) in [6.07, 6.45) is 2.45. The second kappa shape index (κ2) is 5.61. The first-order valence-electron chi connectivity index (χ1n) is 6.04. The van der Waals surface area contributed by atoms with Crippen molar-refractivity contribution in [3.05, 3.63) is 35.4 Å². The van der Waals surface area contributed by atoms with E-state index in [-0.39, 0.29) is 17.5 Å². The van der Waals surface area contributed by atoms with Crippen LogP contribution in [0.5, 0.6) is 0 Å². The molecule has 3 nitrogen and oxygen atoms in total. The summed E-state index contributed by atoms with van der Waals surface area (Å²) in [6.45, 7) is 0. The van der Waals surface area contributed by atoms with E-state index in [0.717, 1.165) is 37.5 Å². The van der Waals surface area contributed by atoms with Gasteiger partial charge in [0.1, 0.15) is 11.6 Å². The Bertz CT molecular complexity index is 521. The lowest BCUT2D eigenvalue weighted by Crippen LogP contribution is -2.42. The molecule has 102 valence electrons. The van der Waals surface area contributed by atoms with Gasteiger partial charge in [-0.15, -0.1) is 0 Å². The molecule has 0 aromatic heterocycles. The average molecular weight is 284 g/mol. The number of carbonyl (C=O) groups excluding carboxylic acids is 1. The maximum absolute atomic E-state index is 13.5. The number of rotatable bonds is 3. The third kappa shape index (κ3) is 3.07. The molecule has 1 saturated carbocycles. The van der Waals surface area contributed by atoms with Crippen molar-refractivity contribution in [1.82, 2.24) is 5.32 Å². The molecule has 3 N–H and O–H groups in total. The van der Waals surface area contributed by atoms with Gasteiger partial charge < -0.3 is 11.1 Å². The highest BCUT2D eigenvalue weighted by Gasteiger charge is 2.31. The largest absolute Gasteiger partial charge is 0.393 e. The Hall–Kier alpha value is -1.56. The molecule has 0 heterocycles. The maximum Gasteiger partial charge on any atom is 0.254 e.